The predicted octanol–water partition coefficient (Wildman–Crippen LogP) is 4.94. The normalized spacial score (nSPS) is 15.4. The lowest BCUT2D eigenvalue weighted by atomic mass is 10.1. The van der Waals surface area contributed by atoms with Crippen LogP contribution in [0.15, 0.2) is 50.2 Å². The molecule has 4 aromatic rings. The van der Waals surface area contributed by atoms with Gasteiger partial charge in [0.1, 0.15) is 5.58 Å². The van der Waals surface area contributed by atoms with Crippen molar-refractivity contribution < 1.29 is 8.83 Å². The van der Waals surface area contributed by atoms with Crippen molar-refractivity contribution in [3.63, 3.8) is 0 Å². The van der Waals surface area contributed by atoms with Crippen LogP contribution in [0.3, 0.4) is 0 Å². The number of anilines is 1. The van der Waals surface area contributed by atoms with Gasteiger partial charge in [-0.3, -0.25) is 9.47 Å². The first-order chi connectivity index (χ1) is 15.0. The van der Waals surface area contributed by atoms with Crippen LogP contribution in [0.4, 0.5) is 5.69 Å². The molecule has 31 heavy (non-hydrogen) atoms. The lowest BCUT2D eigenvalue weighted by Gasteiger charge is -2.36. The van der Waals surface area contributed by atoms with Crippen molar-refractivity contribution in [3.8, 4) is 0 Å². The third-order valence-electron chi connectivity index (χ3n) is 6.09. The van der Waals surface area contributed by atoms with Gasteiger partial charge in [-0.05, 0) is 55.3 Å². The topological polar surface area (TPSA) is 54.8 Å². The second kappa shape index (κ2) is 8.26. The molecule has 162 valence electrons. The predicted molar refractivity (Wildman–Crippen MR) is 125 cm³/mol. The summed E-state index contributed by atoms with van der Waals surface area (Å²) in [5.41, 5.74) is 4.31. The van der Waals surface area contributed by atoms with E-state index in [0.29, 0.717) is 10.6 Å². The molecule has 0 spiro atoms. The van der Waals surface area contributed by atoms with E-state index in [-0.39, 0.29) is 5.76 Å². The van der Waals surface area contributed by atoms with E-state index in [1.807, 2.05) is 30.5 Å². The van der Waals surface area contributed by atoms with Gasteiger partial charge < -0.3 is 13.7 Å². The van der Waals surface area contributed by atoms with Gasteiger partial charge in [0.15, 0.2) is 5.58 Å². The Kier molecular flexibility index (Phi) is 5.46. The van der Waals surface area contributed by atoms with Gasteiger partial charge in [-0.2, -0.15) is 0 Å². The van der Waals surface area contributed by atoms with E-state index in [0.717, 1.165) is 72.8 Å². The number of rotatable bonds is 5. The Morgan fingerprint density at radius 1 is 1.03 bits per heavy atom. The molecule has 2 aromatic heterocycles. The zero-order valence-electron chi connectivity index (χ0n) is 17.2. The minimum Gasteiger partial charge on any atom is -0.464 e. The van der Waals surface area contributed by atoms with Crippen LogP contribution in [0.1, 0.15) is 12.0 Å². The van der Waals surface area contributed by atoms with Crippen LogP contribution in [0.2, 0.25) is 10.0 Å². The summed E-state index contributed by atoms with van der Waals surface area (Å²) in [6.45, 7) is 4.63. The van der Waals surface area contributed by atoms with Crippen molar-refractivity contribution in [1.29, 1.82) is 0 Å². The number of hydrogen-bond donors (Lipinski definition) is 0. The summed E-state index contributed by atoms with van der Waals surface area (Å²) in [5, 5.41) is 2.44. The molecule has 3 heterocycles. The average Bonchev–Trinajstić information content (AvgIpc) is 3.29. The van der Waals surface area contributed by atoms with Crippen molar-refractivity contribution in [2.45, 2.75) is 12.8 Å². The molecule has 0 N–H and O–H groups in total. The number of aryl methyl sites for hydroxylation is 2. The zero-order chi connectivity index (χ0) is 21.5. The number of aromatic nitrogens is 1. The maximum absolute atomic E-state index is 12.0. The highest BCUT2D eigenvalue weighted by Crippen LogP contribution is 2.31. The maximum atomic E-state index is 12.0. The molecule has 0 aliphatic carbocycles. The summed E-state index contributed by atoms with van der Waals surface area (Å²) >= 11 is 12.4. The third kappa shape index (κ3) is 3.95. The minimum atomic E-state index is -0.370. The summed E-state index contributed by atoms with van der Waals surface area (Å²) in [7, 11) is 1.70. The summed E-state index contributed by atoms with van der Waals surface area (Å²) in [6, 6.07) is 9.40. The molecule has 1 aliphatic heterocycles. The lowest BCUT2D eigenvalue weighted by Crippen LogP contribution is -2.46. The average molecular weight is 460 g/mol. The lowest BCUT2D eigenvalue weighted by molar-refractivity contribution is 0.255. The van der Waals surface area contributed by atoms with Gasteiger partial charge in [0.2, 0.25) is 0 Å². The Bertz CT molecular complexity index is 1300. The smallest absolute Gasteiger partial charge is 0.419 e. The van der Waals surface area contributed by atoms with Crippen molar-refractivity contribution in [3.05, 3.63) is 62.8 Å². The molecular formula is C23H23Cl2N3O3. The van der Waals surface area contributed by atoms with E-state index < -0.39 is 0 Å². The first-order valence-electron chi connectivity index (χ1n) is 10.4. The van der Waals surface area contributed by atoms with E-state index in [2.05, 4.69) is 9.80 Å². The Labute approximate surface area is 189 Å². The Hall–Kier alpha value is -2.41. The largest absolute Gasteiger partial charge is 0.464 e. The van der Waals surface area contributed by atoms with Crippen molar-refractivity contribution >= 4 is 51.0 Å². The number of fused-ring (bicyclic) bond motifs is 2. The molecule has 0 bridgehead atoms. The molecule has 1 fully saturated rings. The van der Waals surface area contributed by atoms with Crippen LogP contribution in [0.25, 0.3) is 22.1 Å². The molecule has 8 heteroatoms. The molecule has 0 saturated carbocycles. The maximum Gasteiger partial charge on any atom is 0.419 e. The summed E-state index contributed by atoms with van der Waals surface area (Å²) in [6.07, 6.45) is 3.85. The second-order valence-electron chi connectivity index (χ2n) is 8.03. The van der Waals surface area contributed by atoms with Crippen LogP contribution in [0.5, 0.6) is 0 Å². The molecule has 0 unspecified atom stereocenters. The Balaban J connectivity index is 1.21. The Morgan fingerprint density at radius 3 is 2.65 bits per heavy atom. The monoisotopic (exact) mass is 459 g/mol. The van der Waals surface area contributed by atoms with Gasteiger partial charge >= 0.3 is 5.76 Å². The molecule has 0 amide bonds. The van der Waals surface area contributed by atoms with E-state index in [4.69, 9.17) is 32.0 Å². The number of furan rings is 1. The molecule has 6 nitrogen and oxygen atoms in total. The van der Waals surface area contributed by atoms with E-state index in [1.165, 1.54) is 10.1 Å². The van der Waals surface area contributed by atoms with Crippen LogP contribution in [-0.2, 0) is 13.5 Å². The zero-order valence-corrected chi connectivity index (χ0v) is 18.7. The standard InChI is InChI=1S/C23H23Cl2N3O3/c1-26-19-12-17(25)13-20(22(19)31-23(26)29)28-9-7-27(8-10-28)6-2-3-15-14-30-21-5-4-16(24)11-18(15)21/h4-5,11-14H,2-3,6-10H2,1H3. The van der Waals surface area contributed by atoms with Crippen molar-refractivity contribution in [2.24, 2.45) is 7.05 Å². The Morgan fingerprint density at radius 2 is 1.84 bits per heavy atom. The fourth-order valence-corrected chi connectivity index (χ4v) is 4.74. The van der Waals surface area contributed by atoms with Crippen LogP contribution < -0.4 is 10.7 Å². The van der Waals surface area contributed by atoms with Crippen molar-refractivity contribution in [1.82, 2.24) is 9.47 Å². The number of piperazine rings is 1. The fraction of sp³-hybridized carbons (Fsp3) is 0.348. The van der Waals surface area contributed by atoms with Gasteiger partial charge in [0.05, 0.1) is 17.5 Å². The van der Waals surface area contributed by atoms with Crippen LogP contribution in [-0.4, -0.2) is 42.2 Å². The molecule has 1 saturated heterocycles. The van der Waals surface area contributed by atoms with Crippen LogP contribution in [0, 0.1) is 0 Å². The number of hydrogen-bond acceptors (Lipinski definition) is 5. The summed E-state index contributed by atoms with van der Waals surface area (Å²) in [4.78, 5) is 16.7. The second-order valence-corrected chi connectivity index (χ2v) is 8.91. The van der Waals surface area contributed by atoms with Gasteiger partial charge in [-0.15, -0.1) is 0 Å². The highest BCUT2D eigenvalue weighted by molar-refractivity contribution is 6.32. The number of oxazole rings is 1. The molecule has 1 aliphatic rings. The SMILES string of the molecule is Cn1c(=O)oc2c(N3CCN(CCCc4coc5ccc(Cl)cc45)CC3)cc(Cl)cc21. The molecule has 0 radical (unpaired) electrons. The van der Waals surface area contributed by atoms with E-state index in [9.17, 15) is 4.79 Å². The minimum absolute atomic E-state index is 0.370. The number of benzene rings is 2. The fourth-order valence-electron chi connectivity index (χ4n) is 4.36. The first-order valence-corrected chi connectivity index (χ1v) is 11.2. The molecule has 2 aromatic carbocycles. The van der Waals surface area contributed by atoms with E-state index >= 15 is 0 Å². The summed E-state index contributed by atoms with van der Waals surface area (Å²) < 4.78 is 12.6. The molecular weight excluding hydrogens is 437 g/mol. The highest BCUT2D eigenvalue weighted by Gasteiger charge is 2.22. The third-order valence-corrected chi connectivity index (χ3v) is 6.54. The van der Waals surface area contributed by atoms with Gasteiger partial charge in [0.25, 0.3) is 0 Å². The van der Waals surface area contributed by atoms with Crippen LogP contribution >= 0.6 is 23.2 Å². The molecule has 5 rings (SSSR count). The number of nitrogens with zero attached hydrogens (tertiary/aromatic N) is 3. The van der Waals surface area contributed by atoms with Gasteiger partial charge in [0, 0.05) is 48.7 Å². The quantitative estimate of drug-likeness (QED) is 0.423. The molecule has 0 atom stereocenters. The van der Waals surface area contributed by atoms with Crippen molar-refractivity contribution in [2.75, 3.05) is 37.6 Å². The highest BCUT2D eigenvalue weighted by atomic mass is 35.5. The van der Waals surface area contributed by atoms with Gasteiger partial charge in [-0.25, -0.2) is 4.79 Å². The summed E-state index contributed by atoms with van der Waals surface area (Å²) in [5.74, 6) is -0.370. The van der Waals surface area contributed by atoms with Gasteiger partial charge in [-0.1, -0.05) is 23.2 Å². The van der Waals surface area contributed by atoms with E-state index in [1.54, 1.807) is 13.1 Å². The first kappa shape index (κ1) is 20.5. The number of halogens is 2.